The number of aromatic nitrogens is 2. The largest absolute Gasteiger partial charge is 0.508 e. The number of hydrogen-bond donors (Lipinski definition) is 14. The number of rotatable bonds is 24. The van der Waals surface area contributed by atoms with E-state index >= 15 is 0 Å². The maximum absolute atomic E-state index is 13.9. The number of H-pyrrole nitrogens is 1. The standard InChI is InChI=1S/C42H56N10O13S/c1-22(55)34(51-38(60)29(46-35(57)27(43)20-66)15-24-9-11-26(56)12-10-24)40(62)48-30(16-25-17-44-21-45-25)37(59)49-31(18-53)39(61)47-28(14-23-6-3-2-4-7-23)36(58)50-32(19-54)41(63)52-13-5-8-33(52)42(64)65/h2-4,6-7,9-12,17,21-22,27-34,53-56,66H,5,8,13-16,18-20,43H2,1H3,(H,44,45)(H,46,57)(H,47,61)(H,48,62)(H,49,59)(H,50,58)(H,51,60)(H,64,65)/t22-,27+,28+,29+,30+,31+,32+,33+,34+/m1/s1. The number of phenolic OH excluding ortho intramolecular Hbond substituents is 1. The van der Waals surface area contributed by atoms with Crippen molar-refractivity contribution in [3.63, 3.8) is 0 Å². The van der Waals surface area contributed by atoms with Gasteiger partial charge in [-0.15, -0.1) is 0 Å². The zero-order valence-corrected chi connectivity index (χ0v) is 36.7. The molecule has 0 bridgehead atoms. The molecule has 0 saturated carbocycles. The first-order chi connectivity index (χ1) is 31.4. The fraction of sp³-hybridized carbons (Fsp3) is 0.452. The molecule has 1 aliphatic heterocycles. The summed E-state index contributed by atoms with van der Waals surface area (Å²) in [7, 11) is 0. The van der Waals surface area contributed by atoms with E-state index in [1.165, 1.54) is 43.7 Å². The van der Waals surface area contributed by atoms with E-state index in [9.17, 15) is 63.9 Å². The number of aliphatic hydroxyl groups excluding tert-OH is 3. The normalized spacial score (nSPS) is 17.1. The van der Waals surface area contributed by atoms with Gasteiger partial charge in [0.05, 0.1) is 31.7 Å². The summed E-state index contributed by atoms with van der Waals surface area (Å²) >= 11 is 4.02. The van der Waals surface area contributed by atoms with Gasteiger partial charge in [-0.2, -0.15) is 12.6 Å². The van der Waals surface area contributed by atoms with Crippen LogP contribution in [0, 0.1) is 0 Å². The summed E-state index contributed by atoms with van der Waals surface area (Å²) in [5, 5.41) is 65.0. The zero-order valence-electron chi connectivity index (χ0n) is 35.8. The van der Waals surface area contributed by atoms with E-state index in [2.05, 4.69) is 54.5 Å². The molecule has 9 atom stereocenters. The highest BCUT2D eigenvalue weighted by molar-refractivity contribution is 7.80. The lowest BCUT2D eigenvalue weighted by molar-refractivity contribution is -0.150. The molecule has 2 heterocycles. The second-order valence-electron chi connectivity index (χ2n) is 15.6. The molecule has 0 unspecified atom stereocenters. The number of carboxylic acid groups (broad SMARTS) is 1. The average molecular weight is 941 g/mol. The molecule has 0 aliphatic carbocycles. The highest BCUT2D eigenvalue weighted by Crippen LogP contribution is 2.19. The summed E-state index contributed by atoms with van der Waals surface area (Å²) in [6.45, 7) is -0.664. The lowest BCUT2D eigenvalue weighted by Gasteiger charge is -2.29. The third-order valence-corrected chi connectivity index (χ3v) is 11.0. The van der Waals surface area contributed by atoms with Crippen molar-refractivity contribution in [2.24, 2.45) is 5.73 Å². The molecule has 1 aromatic heterocycles. The van der Waals surface area contributed by atoms with Gasteiger partial charge in [-0.25, -0.2) is 9.78 Å². The van der Waals surface area contributed by atoms with Gasteiger partial charge in [-0.1, -0.05) is 42.5 Å². The number of hydrogen-bond acceptors (Lipinski definition) is 15. The molecule has 2 aromatic carbocycles. The first-order valence-corrected chi connectivity index (χ1v) is 21.5. The molecule has 3 aromatic rings. The van der Waals surface area contributed by atoms with Gasteiger partial charge >= 0.3 is 5.97 Å². The predicted octanol–water partition coefficient (Wildman–Crippen LogP) is -4.25. The van der Waals surface area contributed by atoms with Crippen LogP contribution in [0.4, 0.5) is 0 Å². The number of thiol groups is 1. The number of carbonyl (C=O) groups is 8. The molecular weight excluding hydrogens is 885 g/mol. The Hall–Kier alpha value is -6.60. The van der Waals surface area contributed by atoms with Crippen LogP contribution in [-0.2, 0) is 57.6 Å². The van der Waals surface area contributed by atoms with Crippen LogP contribution in [-0.4, -0.2) is 168 Å². The Bertz CT molecular complexity index is 2130. The van der Waals surface area contributed by atoms with Crippen molar-refractivity contribution in [3.05, 3.63) is 83.9 Å². The van der Waals surface area contributed by atoms with Crippen LogP contribution >= 0.6 is 12.6 Å². The lowest BCUT2D eigenvalue weighted by Crippen LogP contribution is -2.62. The Balaban J connectivity index is 1.52. The SMILES string of the molecule is C[C@@H](O)[C@H](NC(=O)[C@H](Cc1ccc(O)cc1)NC(=O)[C@@H](N)CS)C(=O)N[C@@H](Cc1cnc[nH]1)C(=O)N[C@@H](CO)C(=O)N[C@@H](Cc1ccccc1)C(=O)N[C@@H](CO)C(=O)N1CCC[C@H]1C(=O)O. The summed E-state index contributed by atoms with van der Waals surface area (Å²) in [5.74, 6) is -8.07. The maximum atomic E-state index is 13.9. The van der Waals surface area contributed by atoms with Gasteiger partial charge in [0.25, 0.3) is 0 Å². The number of nitrogens with zero attached hydrogens (tertiary/aromatic N) is 2. The minimum Gasteiger partial charge on any atom is -0.508 e. The molecule has 24 heteroatoms. The number of carboxylic acids is 1. The fourth-order valence-corrected chi connectivity index (χ4v) is 7.09. The Morgan fingerprint density at radius 1 is 0.742 bits per heavy atom. The van der Waals surface area contributed by atoms with Crippen molar-refractivity contribution in [3.8, 4) is 5.75 Å². The molecule has 4 rings (SSSR count). The Morgan fingerprint density at radius 3 is 1.80 bits per heavy atom. The second-order valence-corrected chi connectivity index (χ2v) is 15.9. The molecule has 66 heavy (non-hydrogen) atoms. The van der Waals surface area contributed by atoms with Crippen LogP contribution in [0.3, 0.4) is 0 Å². The van der Waals surface area contributed by atoms with Crippen LogP contribution in [0.15, 0.2) is 67.1 Å². The van der Waals surface area contributed by atoms with Crippen molar-refractivity contribution in [1.82, 2.24) is 46.8 Å². The van der Waals surface area contributed by atoms with Crippen molar-refractivity contribution >= 4 is 59.9 Å². The number of aliphatic hydroxyl groups is 3. The molecular formula is C42H56N10O13S. The highest BCUT2D eigenvalue weighted by Gasteiger charge is 2.39. The molecule has 0 spiro atoms. The number of nitrogens with two attached hydrogens (primary N) is 1. The van der Waals surface area contributed by atoms with Gasteiger partial charge < -0.3 is 73.1 Å². The molecule has 1 fully saturated rings. The number of aromatic amines is 1. The summed E-state index contributed by atoms with van der Waals surface area (Å²) in [4.78, 5) is 115. The van der Waals surface area contributed by atoms with Gasteiger partial charge in [-0.05, 0) is 43.0 Å². The number of benzene rings is 2. The van der Waals surface area contributed by atoms with E-state index in [1.807, 2.05) is 0 Å². The van der Waals surface area contributed by atoms with E-state index in [4.69, 9.17) is 5.73 Å². The first-order valence-electron chi connectivity index (χ1n) is 20.9. The zero-order chi connectivity index (χ0) is 48.5. The Kier molecular flexibility index (Phi) is 19.9. The molecule has 23 nitrogen and oxygen atoms in total. The van der Waals surface area contributed by atoms with Crippen molar-refractivity contribution in [2.45, 2.75) is 93.5 Å². The second kappa shape index (κ2) is 25.2. The van der Waals surface area contributed by atoms with Crippen LogP contribution in [0.2, 0.25) is 0 Å². The minimum absolute atomic E-state index is 0.0554. The van der Waals surface area contributed by atoms with Crippen LogP contribution in [0.25, 0.3) is 0 Å². The summed E-state index contributed by atoms with van der Waals surface area (Å²) < 4.78 is 0. The molecule has 1 aliphatic rings. The number of likely N-dealkylation sites (tertiary alicyclic amines) is 1. The Morgan fingerprint density at radius 2 is 1.26 bits per heavy atom. The number of phenols is 1. The van der Waals surface area contributed by atoms with Gasteiger partial charge in [0.1, 0.15) is 48.0 Å². The minimum atomic E-state index is -1.76. The van der Waals surface area contributed by atoms with E-state index in [-0.39, 0.29) is 43.7 Å². The number of carbonyl (C=O) groups excluding carboxylic acids is 7. The third-order valence-electron chi connectivity index (χ3n) is 10.6. The van der Waals surface area contributed by atoms with Crippen LogP contribution in [0.5, 0.6) is 5.75 Å². The smallest absolute Gasteiger partial charge is 0.326 e. The number of nitrogens with one attached hydrogen (secondary N) is 7. The summed E-state index contributed by atoms with van der Waals surface area (Å²) in [6, 6.07) is 2.30. The van der Waals surface area contributed by atoms with E-state index in [0.717, 1.165) is 4.90 Å². The molecule has 0 radical (unpaired) electrons. The van der Waals surface area contributed by atoms with Crippen molar-refractivity contribution in [1.29, 1.82) is 0 Å². The van der Waals surface area contributed by atoms with E-state index in [0.29, 0.717) is 23.2 Å². The molecule has 14 N–H and O–H groups in total. The predicted molar refractivity (Wildman–Crippen MR) is 236 cm³/mol. The molecule has 7 amide bonds. The summed E-state index contributed by atoms with van der Waals surface area (Å²) in [5.41, 5.74) is 7.16. The lowest BCUT2D eigenvalue weighted by atomic mass is 10.0. The molecule has 1 saturated heterocycles. The summed E-state index contributed by atoms with van der Waals surface area (Å²) in [6.07, 6.45) is 0.991. The topological polar surface area (TPSA) is 368 Å². The van der Waals surface area contributed by atoms with Crippen LogP contribution < -0.4 is 37.6 Å². The van der Waals surface area contributed by atoms with Crippen molar-refractivity contribution < 1.29 is 63.9 Å². The average Bonchev–Trinajstić information content (AvgIpc) is 4.02. The van der Waals surface area contributed by atoms with Gasteiger partial charge in [0.15, 0.2) is 0 Å². The van der Waals surface area contributed by atoms with E-state index in [1.54, 1.807) is 30.3 Å². The number of aromatic hydroxyl groups is 1. The number of amides is 7. The first kappa shape index (κ1) is 52.0. The Labute approximate surface area is 384 Å². The van der Waals surface area contributed by atoms with Crippen molar-refractivity contribution in [2.75, 3.05) is 25.5 Å². The monoisotopic (exact) mass is 940 g/mol. The van der Waals surface area contributed by atoms with Gasteiger partial charge in [-0.3, -0.25) is 33.6 Å². The highest BCUT2D eigenvalue weighted by atomic mass is 32.1. The number of imidazole rings is 1. The van der Waals surface area contributed by atoms with Crippen LogP contribution in [0.1, 0.15) is 36.6 Å². The quantitative estimate of drug-likeness (QED) is 0.0379. The molecule has 358 valence electrons. The van der Waals surface area contributed by atoms with Gasteiger partial charge in [0, 0.05) is 43.5 Å². The maximum Gasteiger partial charge on any atom is 0.326 e. The fourth-order valence-electron chi connectivity index (χ4n) is 6.93. The number of aliphatic carboxylic acids is 1. The third kappa shape index (κ3) is 15.0. The van der Waals surface area contributed by atoms with E-state index < -0.39 is 115 Å². The van der Waals surface area contributed by atoms with Gasteiger partial charge in [0.2, 0.25) is 41.4 Å².